The summed E-state index contributed by atoms with van der Waals surface area (Å²) < 4.78 is 5.46. The van der Waals surface area contributed by atoms with Crippen molar-refractivity contribution in [2.45, 2.75) is 17.1 Å². The van der Waals surface area contributed by atoms with Crippen molar-refractivity contribution in [3.8, 4) is 5.75 Å². The molecule has 0 unspecified atom stereocenters. The van der Waals surface area contributed by atoms with Crippen molar-refractivity contribution >= 4 is 34.4 Å². The third-order valence-corrected chi connectivity index (χ3v) is 3.57. The van der Waals surface area contributed by atoms with Crippen molar-refractivity contribution < 1.29 is 4.74 Å². The van der Waals surface area contributed by atoms with Crippen molar-refractivity contribution in [3.63, 3.8) is 0 Å². The van der Waals surface area contributed by atoms with Crippen LogP contribution in [0.1, 0.15) is 6.92 Å². The SMILES string of the molecule is CCOc1ccc2nc(Sc3ccc(Cl)nn3)[nH]c2c1. The van der Waals surface area contributed by atoms with Crippen LogP contribution in [0, 0.1) is 0 Å². The number of aromatic nitrogens is 4. The summed E-state index contributed by atoms with van der Waals surface area (Å²) in [4.78, 5) is 7.71. The summed E-state index contributed by atoms with van der Waals surface area (Å²) in [5.74, 6) is 0.825. The Bertz CT molecular complexity index is 729. The third-order valence-electron chi connectivity index (χ3n) is 2.55. The Hall–Kier alpha value is -1.79. The smallest absolute Gasteiger partial charge is 0.172 e. The molecule has 3 rings (SSSR count). The first-order valence-electron chi connectivity index (χ1n) is 6.04. The van der Waals surface area contributed by atoms with Crippen LogP contribution in [0.25, 0.3) is 11.0 Å². The molecule has 2 aromatic heterocycles. The fourth-order valence-electron chi connectivity index (χ4n) is 1.73. The van der Waals surface area contributed by atoms with Crippen LogP contribution in [0.2, 0.25) is 5.15 Å². The maximum atomic E-state index is 5.71. The van der Waals surface area contributed by atoms with Gasteiger partial charge in [0.25, 0.3) is 0 Å². The topological polar surface area (TPSA) is 63.7 Å². The van der Waals surface area contributed by atoms with Gasteiger partial charge in [0.1, 0.15) is 10.8 Å². The number of hydrogen-bond acceptors (Lipinski definition) is 5. The number of nitrogens with one attached hydrogen (secondary N) is 1. The molecule has 0 aliphatic rings. The van der Waals surface area contributed by atoms with Crippen molar-refractivity contribution in [3.05, 3.63) is 35.5 Å². The number of halogens is 1. The molecule has 1 aromatic carbocycles. The van der Waals surface area contributed by atoms with E-state index < -0.39 is 0 Å². The summed E-state index contributed by atoms with van der Waals surface area (Å²) in [5.41, 5.74) is 1.82. The molecule has 20 heavy (non-hydrogen) atoms. The van der Waals surface area contributed by atoms with Crippen LogP contribution in [0.15, 0.2) is 40.5 Å². The summed E-state index contributed by atoms with van der Waals surface area (Å²) in [5, 5.41) is 9.65. The van der Waals surface area contributed by atoms with Crippen LogP contribution in [0.4, 0.5) is 0 Å². The van der Waals surface area contributed by atoms with E-state index in [0.29, 0.717) is 11.8 Å². The van der Waals surface area contributed by atoms with Crippen LogP contribution in [0.5, 0.6) is 5.75 Å². The molecule has 3 aromatic rings. The van der Waals surface area contributed by atoms with Gasteiger partial charge in [-0.3, -0.25) is 0 Å². The third kappa shape index (κ3) is 2.86. The zero-order chi connectivity index (χ0) is 13.9. The number of ether oxygens (including phenoxy) is 1. The molecule has 5 nitrogen and oxygen atoms in total. The number of benzene rings is 1. The van der Waals surface area contributed by atoms with Gasteiger partial charge in [0.05, 0.1) is 17.6 Å². The van der Waals surface area contributed by atoms with Gasteiger partial charge in [-0.05, 0) is 43.0 Å². The Kier molecular flexibility index (Phi) is 3.75. The van der Waals surface area contributed by atoms with E-state index in [1.165, 1.54) is 11.8 Å². The monoisotopic (exact) mass is 306 g/mol. The van der Waals surface area contributed by atoms with E-state index in [1.54, 1.807) is 12.1 Å². The molecule has 0 aliphatic heterocycles. The lowest BCUT2D eigenvalue weighted by Crippen LogP contribution is -1.90. The molecule has 0 amide bonds. The highest BCUT2D eigenvalue weighted by Gasteiger charge is 2.07. The fourth-order valence-corrected chi connectivity index (χ4v) is 2.55. The van der Waals surface area contributed by atoms with E-state index in [9.17, 15) is 0 Å². The van der Waals surface area contributed by atoms with Gasteiger partial charge >= 0.3 is 0 Å². The van der Waals surface area contributed by atoms with Gasteiger partial charge < -0.3 is 9.72 Å². The van der Waals surface area contributed by atoms with Gasteiger partial charge in [0.15, 0.2) is 10.3 Å². The number of H-pyrrole nitrogens is 1. The molecule has 0 spiro atoms. The molecule has 102 valence electrons. The highest BCUT2D eigenvalue weighted by molar-refractivity contribution is 7.99. The number of hydrogen-bond donors (Lipinski definition) is 1. The lowest BCUT2D eigenvalue weighted by atomic mass is 10.3. The molecule has 0 saturated heterocycles. The molecule has 1 N–H and O–H groups in total. The second-order valence-corrected chi connectivity index (χ2v) is 5.35. The molecule has 0 fully saturated rings. The molecular formula is C13H11ClN4OS. The van der Waals surface area contributed by atoms with Crippen LogP contribution >= 0.6 is 23.4 Å². The van der Waals surface area contributed by atoms with E-state index in [1.807, 2.05) is 25.1 Å². The van der Waals surface area contributed by atoms with Crippen molar-refractivity contribution in [2.24, 2.45) is 0 Å². The average molecular weight is 307 g/mol. The van der Waals surface area contributed by atoms with E-state index in [2.05, 4.69) is 20.2 Å². The van der Waals surface area contributed by atoms with Gasteiger partial charge in [-0.2, -0.15) is 0 Å². The van der Waals surface area contributed by atoms with Crippen molar-refractivity contribution in [2.75, 3.05) is 6.61 Å². The normalized spacial score (nSPS) is 10.9. The summed E-state index contributed by atoms with van der Waals surface area (Å²) in [6.07, 6.45) is 0. The van der Waals surface area contributed by atoms with E-state index in [0.717, 1.165) is 27.0 Å². The number of imidazole rings is 1. The van der Waals surface area contributed by atoms with Crippen LogP contribution in [-0.2, 0) is 0 Å². The van der Waals surface area contributed by atoms with Crippen molar-refractivity contribution in [1.29, 1.82) is 0 Å². The summed E-state index contributed by atoms with van der Waals surface area (Å²) >= 11 is 7.11. The van der Waals surface area contributed by atoms with E-state index in [-0.39, 0.29) is 0 Å². The van der Waals surface area contributed by atoms with Gasteiger partial charge in [-0.25, -0.2) is 4.98 Å². The second kappa shape index (κ2) is 5.68. The zero-order valence-corrected chi connectivity index (χ0v) is 12.2. The second-order valence-electron chi connectivity index (χ2n) is 3.95. The molecule has 0 bridgehead atoms. The number of rotatable bonds is 4. The van der Waals surface area contributed by atoms with Gasteiger partial charge in [-0.1, -0.05) is 11.6 Å². The Balaban J connectivity index is 1.86. The predicted octanol–water partition coefficient (Wildman–Crippen LogP) is 3.56. The average Bonchev–Trinajstić information content (AvgIpc) is 2.83. The molecule has 7 heteroatoms. The summed E-state index contributed by atoms with van der Waals surface area (Å²) in [6, 6.07) is 9.27. The first-order valence-corrected chi connectivity index (χ1v) is 7.23. The maximum Gasteiger partial charge on any atom is 0.172 e. The lowest BCUT2D eigenvalue weighted by molar-refractivity contribution is 0.340. The minimum absolute atomic E-state index is 0.375. The van der Waals surface area contributed by atoms with Crippen LogP contribution in [0.3, 0.4) is 0 Å². The summed E-state index contributed by atoms with van der Waals surface area (Å²) in [6.45, 7) is 2.60. The highest BCUT2D eigenvalue weighted by Crippen LogP contribution is 2.27. The number of fused-ring (bicyclic) bond motifs is 1. The molecular weight excluding hydrogens is 296 g/mol. The van der Waals surface area contributed by atoms with Gasteiger partial charge in [-0.15, -0.1) is 10.2 Å². The highest BCUT2D eigenvalue weighted by atomic mass is 35.5. The maximum absolute atomic E-state index is 5.71. The minimum Gasteiger partial charge on any atom is -0.494 e. The first kappa shape index (κ1) is 13.2. The van der Waals surface area contributed by atoms with E-state index >= 15 is 0 Å². The Morgan fingerprint density at radius 3 is 2.90 bits per heavy atom. The summed E-state index contributed by atoms with van der Waals surface area (Å²) in [7, 11) is 0. The lowest BCUT2D eigenvalue weighted by Gasteiger charge is -2.00. The largest absolute Gasteiger partial charge is 0.494 e. The molecule has 0 atom stereocenters. The Morgan fingerprint density at radius 2 is 2.15 bits per heavy atom. The fraction of sp³-hybridized carbons (Fsp3) is 0.154. The minimum atomic E-state index is 0.375. The van der Waals surface area contributed by atoms with Gasteiger partial charge in [0, 0.05) is 6.07 Å². The number of nitrogens with zero attached hydrogens (tertiary/aromatic N) is 3. The Morgan fingerprint density at radius 1 is 1.25 bits per heavy atom. The van der Waals surface area contributed by atoms with E-state index in [4.69, 9.17) is 16.3 Å². The van der Waals surface area contributed by atoms with Crippen LogP contribution < -0.4 is 4.74 Å². The van der Waals surface area contributed by atoms with Gasteiger partial charge in [0.2, 0.25) is 0 Å². The zero-order valence-electron chi connectivity index (χ0n) is 10.6. The molecule has 0 saturated carbocycles. The molecule has 2 heterocycles. The molecule has 0 radical (unpaired) electrons. The number of aromatic amines is 1. The standard InChI is InChI=1S/C13H11ClN4OS/c1-2-19-8-3-4-9-10(7-8)16-13(15-9)20-12-6-5-11(14)17-18-12/h3-7H,2H2,1H3,(H,15,16). The predicted molar refractivity (Wildman–Crippen MR) is 78.4 cm³/mol. The van der Waals surface area contributed by atoms with Crippen LogP contribution in [-0.4, -0.2) is 26.8 Å². The first-order chi connectivity index (χ1) is 9.74. The quantitative estimate of drug-likeness (QED) is 0.798. The Labute approximate surface area is 124 Å². The molecule has 0 aliphatic carbocycles. The van der Waals surface area contributed by atoms with Crippen molar-refractivity contribution in [1.82, 2.24) is 20.2 Å².